The molecule has 2 aromatic heterocycles. The van der Waals surface area contributed by atoms with Crippen molar-refractivity contribution in [3.05, 3.63) is 42.6 Å². The molecular formula is C20H26ClN3O4. The van der Waals surface area contributed by atoms with Crippen LogP contribution in [0, 0.1) is 0 Å². The average molecular weight is 408 g/mol. The third-order valence-corrected chi connectivity index (χ3v) is 4.43. The quantitative estimate of drug-likeness (QED) is 0.432. The summed E-state index contributed by atoms with van der Waals surface area (Å²) in [6, 6.07) is 3.77. The highest BCUT2D eigenvalue weighted by Gasteiger charge is 2.35. The summed E-state index contributed by atoms with van der Waals surface area (Å²) in [6.07, 6.45) is 12.0. The molecule has 7 nitrogen and oxygen atoms in total. The summed E-state index contributed by atoms with van der Waals surface area (Å²) in [7, 11) is 0. The Balaban J connectivity index is 0.00000280. The van der Waals surface area contributed by atoms with Gasteiger partial charge in [-0.05, 0) is 43.9 Å². The molecule has 1 aliphatic heterocycles. The number of unbranched alkanes of at least 4 members (excludes halogenated alkanes) is 4. The minimum Gasteiger partial charge on any atom is -0.490 e. The molecule has 152 valence electrons. The number of nitrogens with zero attached hydrogens (tertiary/aromatic N) is 3. The lowest BCUT2D eigenvalue weighted by Crippen LogP contribution is -2.30. The SMILES string of the molecule is CCCCC/C=C1/OC(=O)N(CCCCOc2cccn3ccnc23)C1=O.Cl. The van der Waals surface area contributed by atoms with Crippen molar-refractivity contribution in [3.8, 4) is 5.75 Å². The van der Waals surface area contributed by atoms with Crippen LogP contribution in [0.1, 0.15) is 45.4 Å². The topological polar surface area (TPSA) is 73.1 Å². The molecule has 0 aliphatic carbocycles. The van der Waals surface area contributed by atoms with E-state index in [9.17, 15) is 9.59 Å². The average Bonchev–Trinajstić information content (AvgIpc) is 3.25. The van der Waals surface area contributed by atoms with Crippen molar-refractivity contribution in [2.24, 2.45) is 0 Å². The van der Waals surface area contributed by atoms with Gasteiger partial charge in [0.1, 0.15) is 0 Å². The number of fused-ring (bicyclic) bond motifs is 1. The molecule has 1 saturated heterocycles. The summed E-state index contributed by atoms with van der Waals surface area (Å²) < 4.78 is 12.8. The van der Waals surface area contributed by atoms with Gasteiger partial charge in [0.25, 0.3) is 5.91 Å². The van der Waals surface area contributed by atoms with Gasteiger partial charge in [-0.15, -0.1) is 12.4 Å². The number of rotatable bonds is 10. The lowest BCUT2D eigenvalue weighted by atomic mass is 10.2. The molecule has 0 radical (unpaired) electrons. The van der Waals surface area contributed by atoms with Crippen molar-refractivity contribution in [2.75, 3.05) is 13.2 Å². The molecule has 3 heterocycles. The maximum absolute atomic E-state index is 12.3. The molecule has 0 aromatic carbocycles. The van der Waals surface area contributed by atoms with E-state index in [1.165, 1.54) is 4.90 Å². The standard InChI is InChI=1S/C20H25N3O4.ClH/c1-2-3-4-5-9-17-19(24)23(20(25)27-17)13-6-7-15-26-16-10-8-12-22-14-11-21-18(16)22;/h8-12,14H,2-7,13,15H2,1H3;1H/b17-9+;. The van der Waals surface area contributed by atoms with Crippen LogP contribution >= 0.6 is 12.4 Å². The normalized spacial score (nSPS) is 15.2. The van der Waals surface area contributed by atoms with Gasteiger partial charge >= 0.3 is 6.09 Å². The minimum absolute atomic E-state index is 0. The second kappa shape index (κ2) is 10.7. The van der Waals surface area contributed by atoms with Crippen molar-refractivity contribution < 1.29 is 19.1 Å². The Labute approximate surface area is 170 Å². The number of aromatic nitrogens is 2. The van der Waals surface area contributed by atoms with Crippen LogP contribution in [0.15, 0.2) is 42.6 Å². The van der Waals surface area contributed by atoms with Gasteiger partial charge in [-0.25, -0.2) is 14.7 Å². The van der Waals surface area contributed by atoms with E-state index in [0.717, 1.165) is 37.1 Å². The zero-order valence-corrected chi connectivity index (χ0v) is 16.8. The number of amides is 2. The van der Waals surface area contributed by atoms with Crippen LogP contribution in [-0.4, -0.2) is 39.4 Å². The minimum atomic E-state index is -0.579. The van der Waals surface area contributed by atoms with Crippen LogP contribution in [-0.2, 0) is 9.53 Å². The number of cyclic esters (lactones) is 1. The Kier molecular flexibility index (Phi) is 8.32. The lowest BCUT2D eigenvalue weighted by molar-refractivity contribution is -0.123. The lowest BCUT2D eigenvalue weighted by Gasteiger charge is -2.10. The zero-order chi connectivity index (χ0) is 19.1. The number of imidazole rings is 1. The molecule has 1 aliphatic rings. The molecule has 0 spiro atoms. The third kappa shape index (κ3) is 5.25. The Morgan fingerprint density at radius 1 is 1.18 bits per heavy atom. The molecule has 2 amide bonds. The van der Waals surface area contributed by atoms with Crippen molar-refractivity contribution in [2.45, 2.75) is 45.4 Å². The third-order valence-electron chi connectivity index (χ3n) is 4.43. The number of carbonyl (C=O) groups is 2. The molecule has 3 rings (SSSR count). The summed E-state index contributed by atoms with van der Waals surface area (Å²) in [5.74, 6) is 0.550. The number of allylic oxidation sites excluding steroid dienone is 1. The number of imide groups is 1. The Hall–Kier alpha value is -2.54. The van der Waals surface area contributed by atoms with Crippen LogP contribution < -0.4 is 4.74 Å². The van der Waals surface area contributed by atoms with Crippen LogP contribution in [0.2, 0.25) is 0 Å². The molecule has 0 N–H and O–H groups in total. The van der Waals surface area contributed by atoms with Gasteiger partial charge in [-0.3, -0.25) is 4.79 Å². The molecule has 28 heavy (non-hydrogen) atoms. The van der Waals surface area contributed by atoms with E-state index in [1.54, 1.807) is 12.3 Å². The van der Waals surface area contributed by atoms with Gasteiger partial charge in [-0.1, -0.05) is 19.8 Å². The first-order valence-electron chi connectivity index (χ1n) is 9.49. The van der Waals surface area contributed by atoms with E-state index in [4.69, 9.17) is 9.47 Å². The van der Waals surface area contributed by atoms with E-state index in [2.05, 4.69) is 11.9 Å². The second-order valence-corrected chi connectivity index (χ2v) is 6.48. The highest BCUT2D eigenvalue weighted by Crippen LogP contribution is 2.20. The smallest absolute Gasteiger partial charge is 0.422 e. The predicted molar refractivity (Wildman–Crippen MR) is 108 cm³/mol. The fourth-order valence-corrected chi connectivity index (χ4v) is 2.95. The number of carbonyl (C=O) groups excluding carboxylic acids is 2. The Morgan fingerprint density at radius 3 is 2.86 bits per heavy atom. The van der Waals surface area contributed by atoms with Gasteiger partial charge < -0.3 is 13.9 Å². The molecule has 0 atom stereocenters. The number of hydrogen-bond donors (Lipinski definition) is 0. The van der Waals surface area contributed by atoms with Gasteiger partial charge in [0.05, 0.1) is 6.61 Å². The molecule has 0 bridgehead atoms. The van der Waals surface area contributed by atoms with E-state index in [-0.39, 0.29) is 24.1 Å². The van der Waals surface area contributed by atoms with Gasteiger partial charge in [0.2, 0.25) is 0 Å². The van der Waals surface area contributed by atoms with E-state index in [1.807, 2.05) is 28.9 Å². The van der Waals surface area contributed by atoms with Crippen LogP contribution in [0.5, 0.6) is 5.75 Å². The predicted octanol–water partition coefficient (Wildman–Crippen LogP) is 4.36. The van der Waals surface area contributed by atoms with Gasteiger partial charge in [0, 0.05) is 25.1 Å². The Bertz CT molecular complexity index is 834. The van der Waals surface area contributed by atoms with Crippen molar-refractivity contribution in [3.63, 3.8) is 0 Å². The van der Waals surface area contributed by atoms with Crippen molar-refractivity contribution in [1.82, 2.24) is 14.3 Å². The molecule has 8 heteroatoms. The highest BCUT2D eigenvalue weighted by atomic mass is 35.5. The molecule has 0 unspecified atom stereocenters. The summed E-state index contributed by atoms with van der Waals surface area (Å²) in [4.78, 5) is 29.6. The Morgan fingerprint density at radius 2 is 2.04 bits per heavy atom. The molecular weight excluding hydrogens is 382 g/mol. The summed E-state index contributed by atoms with van der Waals surface area (Å²) >= 11 is 0. The largest absolute Gasteiger partial charge is 0.490 e. The monoisotopic (exact) mass is 407 g/mol. The van der Waals surface area contributed by atoms with Crippen molar-refractivity contribution >= 4 is 30.1 Å². The summed E-state index contributed by atoms with van der Waals surface area (Å²) in [6.45, 7) is 2.94. The molecule has 2 aromatic rings. The van der Waals surface area contributed by atoms with E-state index >= 15 is 0 Å². The highest BCUT2D eigenvalue weighted by molar-refractivity contribution is 6.07. The van der Waals surface area contributed by atoms with E-state index < -0.39 is 6.09 Å². The second-order valence-electron chi connectivity index (χ2n) is 6.48. The van der Waals surface area contributed by atoms with Gasteiger partial charge in [-0.2, -0.15) is 0 Å². The number of hydrogen-bond acceptors (Lipinski definition) is 5. The van der Waals surface area contributed by atoms with Crippen molar-refractivity contribution in [1.29, 1.82) is 0 Å². The number of pyridine rings is 1. The van der Waals surface area contributed by atoms with Gasteiger partial charge in [0.15, 0.2) is 17.2 Å². The maximum atomic E-state index is 12.3. The molecule has 0 saturated carbocycles. The van der Waals surface area contributed by atoms with Crippen LogP contribution in [0.25, 0.3) is 5.65 Å². The fourth-order valence-electron chi connectivity index (χ4n) is 2.95. The first-order valence-corrected chi connectivity index (χ1v) is 9.49. The van der Waals surface area contributed by atoms with E-state index in [0.29, 0.717) is 26.0 Å². The summed E-state index contributed by atoms with van der Waals surface area (Å²) in [5, 5.41) is 0. The van der Waals surface area contributed by atoms with Crippen LogP contribution in [0.3, 0.4) is 0 Å². The number of ether oxygens (including phenoxy) is 2. The summed E-state index contributed by atoms with van der Waals surface area (Å²) in [5.41, 5.74) is 0.772. The first kappa shape index (κ1) is 21.8. The van der Waals surface area contributed by atoms with Crippen LogP contribution in [0.4, 0.5) is 4.79 Å². The first-order chi connectivity index (χ1) is 13.2. The maximum Gasteiger partial charge on any atom is 0.422 e. The fraction of sp³-hybridized carbons (Fsp3) is 0.450. The molecule has 1 fully saturated rings. The zero-order valence-electron chi connectivity index (χ0n) is 16.0. The number of halogens is 1.